The molecule has 0 aromatic carbocycles. The number of hydrogen-bond acceptors (Lipinski definition) is 2. The minimum absolute atomic E-state index is 0.00486. The molecule has 2 rings (SSSR count). The molecule has 0 spiro atoms. The van der Waals surface area contributed by atoms with Crippen molar-refractivity contribution in [1.29, 1.82) is 0 Å². The Morgan fingerprint density at radius 2 is 2.40 bits per heavy atom. The number of thiazole rings is 1. The fourth-order valence-electron chi connectivity index (χ4n) is 1.24. The Bertz CT molecular complexity index is 510. The molecule has 0 saturated heterocycles. The molecule has 15 heavy (non-hydrogen) atoms. The second kappa shape index (κ2) is 4.16. The molecule has 2 nitrogen and oxygen atoms in total. The zero-order chi connectivity index (χ0) is 11.0. The third-order valence-corrected chi connectivity index (χ3v) is 3.62. The molecule has 2 heterocycles. The van der Waals surface area contributed by atoms with Gasteiger partial charge in [0.25, 0.3) is 0 Å². The predicted octanol–water partition coefficient (Wildman–Crippen LogP) is 4.08. The third-order valence-electron chi connectivity index (χ3n) is 2.25. The first-order chi connectivity index (χ1) is 7.09. The number of fused-ring (bicyclic) bond motifs is 1. The van der Waals surface area contributed by atoms with Crippen molar-refractivity contribution in [1.82, 2.24) is 9.38 Å². The van der Waals surface area contributed by atoms with Gasteiger partial charge in [0.2, 0.25) is 0 Å². The van der Waals surface area contributed by atoms with Crippen LogP contribution in [0.5, 0.6) is 0 Å². The van der Waals surface area contributed by atoms with Gasteiger partial charge in [-0.1, -0.05) is 17.2 Å². The Kier molecular flexibility index (Phi) is 3.05. The van der Waals surface area contributed by atoms with E-state index in [0.717, 1.165) is 16.2 Å². The maximum atomic E-state index is 6.04. The van der Waals surface area contributed by atoms with Crippen LogP contribution in [0.15, 0.2) is 17.2 Å². The summed E-state index contributed by atoms with van der Waals surface area (Å²) < 4.78 is 1.97. The molecule has 0 bridgehead atoms. The van der Waals surface area contributed by atoms with Gasteiger partial charge in [-0.2, -0.15) is 0 Å². The maximum absolute atomic E-state index is 6.04. The second-order valence-electron chi connectivity index (χ2n) is 3.35. The van der Waals surface area contributed by atoms with E-state index in [9.17, 15) is 0 Å². The van der Waals surface area contributed by atoms with Gasteiger partial charge in [0, 0.05) is 11.6 Å². The number of alkyl halides is 1. The molecule has 0 aliphatic carbocycles. The van der Waals surface area contributed by atoms with Gasteiger partial charge in [0.1, 0.15) is 0 Å². The molecule has 0 fully saturated rings. The van der Waals surface area contributed by atoms with E-state index < -0.39 is 0 Å². The molecule has 0 N–H and O–H groups in total. The summed E-state index contributed by atoms with van der Waals surface area (Å²) in [4.78, 5) is 5.15. The van der Waals surface area contributed by atoms with Gasteiger partial charge in [0.15, 0.2) is 10.1 Å². The van der Waals surface area contributed by atoms with Crippen molar-refractivity contribution < 1.29 is 0 Å². The van der Waals surface area contributed by atoms with E-state index in [-0.39, 0.29) is 5.38 Å². The van der Waals surface area contributed by atoms with Gasteiger partial charge < -0.3 is 0 Å². The molecule has 0 amide bonds. The fraction of sp³-hybridized carbons (Fsp3) is 0.300. The fourth-order valence-corrected chi connectivity index (χ4v) is 2.30. The van der Waals surface area contributed by atoms with Gasteiger partial charge in [-0.05, 0) is 19.9 Å². The lowest BCUT2D eigenvalue weighted by Crippen LogP contribution is -1.93. The Hall–Kier alpha value is -0.510. The highest BCUT2D eigenvalue weighted by atomic mass is 35.5. The average molecular weight is 261 g/mol. The second-order valence-corrected chi connectivity index (χ2v) is 5.23. The highest BCUT2D eigenvalue weighted by molar-refractivity contribution is 7.15. The van der Waals surface area contributed by atoms with Crippen molar-refractivity contribution in [2.75, 3.05) is 0 Å². The first-order valence-electron chi connectivity index (χ1n) is 4.53. The Morgan fingerprint density at radius 3 is 3.07 bits per heavy atom. The van der Waals surface area contributed by atoms with Crippen LogP contribution >= 0.6 is 34.5 Å². The summed E-state index contributed by atoms with van der Waals surface area (Å²) >= 11 is 13.6. The predicted molar refractivity (Wildman–Crippen MR) is 67.0 cm³/mol. The molecular formula is C10H10Cl2N2S. The molecule has 0 radical (unpaired) electrons. The highest BCUT2D eigenvalue weighted by Crippen LogP contribution is 2.24. The summed E-state index contributed by atoms with van der Waals surface area (Å²) in [5, 5.41) is 2.51. The van der Waals surface area contributed by atoms with Crippen LogP contribution < -0.4 is 0 Å². The van der Waals surface area contributed by atoms with Crippen LogP contribution in [0.3, 0.4) is 0 Å². The molecule has 0 aliphatic heterocycles. The molecule has 80 valence electrons. The Labute approximate surface area is 102 Å². The summed E-state index contributed by atoms with van der Waals surface area (Å²) in [6.07, 6.45) is 3.93. The maximum Gasteiger partial charge on any atom is 0.195 e. The van der Waals surface area contributed by atoms with E-state index in [1.54, 1.807) is 11.3 Å². The Balaban J connectivity index is 2.55. The average Bonchev–Trinajstić information content (AvgIpc) is 2.69. The van der Waals surface area contributed by atoms with E-state index in [2.05, 4.69) is 4.98 Å². The number of hydrogen-bond donors (Lipinski definition) is 0. The standard InChI is InChI=1S/C10H10Cl2N2S/c1-6(7(2)11)5-8-9(12)13-10-14(8)3-4-15-10/h3-5,7H,1-2H3/b6-5+. The van der Waals surface area contributed by atoms with Crippen LogP contribution in [0.25, 0.3) is 11.0 Å². The lowest BCUT2D eigenvalue weighted by Gasteiger charge is -2.02. The van der Waals surface area contributed by atoms with Crippen LogP contribution in [-0.4, -0.2) is 14.8 Å². The zero-order valence-corrected chi connectivity index (χ0v) is 10.7. The van der Waals surface area contributed by atoms with Gasteiger partial charge >= 0.3 is 0 Å². The quantitative estimate of drug-likeness (QED) is 0.744. The van der Waals surface area contributed by atoms with Gasteiger partial charge in [-0.25, -0.2) is 4.98 Å². The number of imidazole rings is 1. The van der Waals surface area contributed by atoms with Crippen LogP contribution in [0, 0.1) is 0 Å². The number of aromatic nitrogens is 2. The molecule has 1 unspecified atom stereocenters. The smallest absolute Gasteiger partial charge is 0.195 e. The normalized spacial score (nSPS) is 14.8. The minimum Gasteiger partial charge on any atom is -0.289 e. The van der Waals surface area contributed by atoms with E-state index in [1.165, 1.54) is 0 Å². The molecule has 2 aromatic rings. The monoisotopic (exact) mass is 260 g/mol. The van der Waals surface area contributed by atoms with E-state index >= 15 is 0 Å². The minimum atomic E-state index is 0.00486. The van der Waals surface area contributed by atoms with Crippen molar-refractivity contribution in [2.45, 2.75) is 19.2 Å². The van der Waals surface area contributed by atoms with Gasteiger partial charge in [-0.3, -0.25) is 4.40 Å². The van der Waals surface area contributed by atoms with Crippen LogP contribution in [0.1, 0.15) is 19.5 Å². The van der Waals surface area contributed by atoms with Crippen molar-refractivity contribution in [3.63, 3.8) is 0 Å². The summed E-state index contributed by atoms with van der Waals surface area (Å²) in [7, 11) is 0. The van der Waals surface area contributed by atoms with Crippen LogP contribution in [0.2, 0.25) is 5.15 Å². The highest BCUT2D eigenvalue weighted by Gasteiger charge is 2.10. The number of rotatable bonds is 2. The van der Waals surface area contributed by atoms with Gasteiger partial charge in [0.05, 0.1) is 11.1 Å². The Morgan fingerprint density at radius 1 is 1.67 bits per heavy atom. The van der Waals surface area contributed by atoms with Crippen molar-refractivity contribution in [3.8, 4) is 0 Å². The molecule has 0 aliphatic rings. The molecule has 0 saturated carbocycles. The van der Waals surface area contributed by atoms with E-state index in [1.807, 2.05) is 35.9 Å². The SMILES string of the molecule is C/C(=C\c1c(Cl)nc2sccn12)C(C)Cl. The van der Waals surface area contributed by atoms with E-state index in [4.69, 9.17) is 23.2 Å². The summed E-state index contributed by atoms with van der Waals surface area (Å²) in [6.45, 7) is 3.92. The lowest BCUT2D eigenvalue weighted by atomic mass is 10.2. The first kappa shape index (κ1) is 11.0. The van der Waals surface area contributed by atoms with Crippen molar-refractivity contribution in [3.05, 3.63) is 28.0 Å². The third kappa shape index (κ3) is 2.05. The van der Waals surface area contributed by atoms with Crippen molar-refractivity contribution >= 4 is 45.6 Å². The number of allylic oxidation sites excluding steroid dienone is 1. The zero-order valence-electron chi connectivity index (χ0n) is 8.37. The molecule has 5 heteroatoms. The van der Waals surface area contributed by atoms with Crippen LogP contribution in [-0.2, 0) is 0 Å². The molecule has 1 atom stereocenters. The first-order valence-corrected chi connectivity index (χ1v) is 6.22. The van der Waals surface area contributed by atoms with E-state index in [0.29, 0.717) is 5.15 Å². The topological polar surface area (TPSA) is 17.3 Å². The summed E-state index contributed by atoms with van der Waals surface area (Å²) in [5.41, 5.74) is 1.98. The number of nitrogens with zero attached hydrogens (tertiary/aromatic N) is 2. The lowest BCUT2D eigenvalue weighted by molar-refractivity contribution is 1.11. The molecular weight excluding hydrogens is 251 g/mol. The molecule has 2 aromatic heterocycles. The largest absolute Gasteiger partial charge is 0.289 e. The van der Waals surface area contributed by atoms with Crippen LogP contribution in [0.4, 0.5) is 0 Å². The summed E-state index contributed by atoms with van der Waals surface area (Å²) in [5.74, 6) is 0. The van der Waals surface area contributed by atoms with Crippen molar-refractivity contribution in [2.24, 2.45) is 0 Å². The van der Waals surface area contributed by atoms with Gasteiger partial charge in [-0.15, -0.1) is 22.9 Å². The summed E-state index contributed by atoms with van der Waals surface area (Å²) in [6, 6.07) is 0. The number of halogens is 2.